The van der Waals surface area contributed by atoms with Crippen LogP contribution in [0.3, 0.4) is 0 Å². The SMILES string of the molecule is C#CCOC(=O)C1=C(C)NC(C)=C(C(=O)OC)C1c1cc(Cl)cc2c(=O)c3ccccc3oc12. The van der Waals surface area contributed by atoms with E-state index in [1.54, 1.807) is 44.2 Å². The molecule has 0 saturated heterocycles. The zero-order valence-corrected chi connectivity index (χ0v) is 19.4. The van der Waals surface area contributed by atoms with E-state index in [1.807, 2.05) is 0 Å². The van der Waals surface area contributed by atoms with Crippen molar-refractivity contribution in [2.75, 3.05) is 13.7 Å². The molecule has 2 aromatic carbocycles. The lowest BCUT2D eigenvalue weighted by Gasteiger charge is -2.30. The molecule has 0 spiro atoms. The van der Waals surface area contributed by atoms with Gasteiger partial charge < -0.3 is 19.2 Å². The second kappa shape index (κ2) is 9.08. The predicted octanol–water partition coefficient (Wildman–Crippen LogP) is 4.18. The zero-order chi connectivity index (χ0) is 24.6. The molecule has 0 radical (unpaired) electrons. The fourth-order valence-corrected chi connectivity index (χ4v) is 4.48. The summed E-state index contributed by atoms with van der Waals surface area (Å²) in [6.07, 6.45) is 5.26. The van der Waals surface area contributed by atoms with Crippen LogP contribution in [0.1, 0.15) is 25.3 Å². The average molecular weight is 478 g/mol. The van der Waals surface area contributed by atoms with Crippen molar-refractivity contribution in [1.29, 1.82) is 0 Å². The van der Waals surface area contributed by atoms with Crippen LogP contribution >= 0.6 is 11.6 Å². The molecule has 3 aromatic rings. The van der Waals surface area contributed by atoms with Gasteiger partial charge in [-0.15, -0.1) is 6.42 Å². The molecule has 1 aliphatic rings. The maximum absolute atomic E-state index is 13.3. The molecule has 1 atom stereocenters. The van der Waals surface area contributed by atoms with Gasteiger partial charge in [-0.25, -0.2) is 9.59 Å². The number of benzene rings is 2. The van der Waals surface area contributed by atoms with Crippen molar-refractivity contribution in [2.45, 2.75) is 19.8 Å². The second-order valence-electron chi connectivity index (χ2n) is 7.71. The Bertz CT molecular complexity index is 1520. The van der Waals surface area contributed by atoms with E-state index in [1.165, 1.54) is 13.2 Å². The Balaban J connectivity index is 2.10. The maximum atomic E-state index is 13.3. The van der Waals surface area contributed by atoms with Gasteiger partial charge in [0.25, 0.3) is 0 Å². The lowest BCUT2D eigenvalue weighted by molar-refractivity contribution is -0.138. The molecule has 7 nitrogen and oxygen atoms in total. The van der Waals surface area contributed by atoms with Gasteiger partial charge in [0.15, 0.2) is 6.61 Å². The van der Waals surface area contributed by atoms with Crippen LogP contribution in [-0.4, -0.2) is 25.7 Å². The number of ether oxygens (including phenoxy) is 2. The predicted molar refractivity (Wildman–Crippen MR) is 128 cm³/mol. The number of dihydropyridines is 1. The van der Waals surface area contributed by atoms with Gasteiger partial charge in [0.2, 0.25) is 5.43 Å². The van der Waals surface area contributed by atoms with Crippen molar-refractivity contribution in [2.24, 2.45) is 0 Å². The van der Waals surface area contributed by atoms with E-state index in [2.05, 4.69) is 11.2 Å². The van der Waals surface area contributed by atoms with E-state index in [-0.39, 0.29) is 39.2 Å². The summed E-state index contributed by atoms with van der Waals surface area (Å²) in [4.78, 5) is 39.3. The Hall–Kier alpha value is -4.02. The zero-order valence-electron chi connectivity index (χ0n) is 18.7. The molecule has 0 amide bonds. The number of hydrogen-bond donors (Lipinski definition) is 1. The number of hydrogen-bond acceptors (Lipinski definition) is 7. The summed E-state index contributed by atoms with van der Waals surface area (Å²) in [7, 11) is 1.24. The molecule has 172 valence electrons. The summed E-state index contributed by atoms with van der Waals surface area (Å²) in [5.41, 5.74) is 1.82. The molecule has 0 fully saturated rings. The molecule has 1 N–H and O–H groups in total. The highest BCUT2D eigenvalue weighted by molar-refractivity contribution is 6.31. The highest BCUT2D eigenvalue weighted by Crippen LogP contribution is 2.43. The summed E-state index contributed by atoms with van der Waals surface area (Å²) in [6, 6.07) is 9.87. The third-order valence-corrected chi connectivity index (χ3v) is 5.87. The molecule has 1 unspecified atom stereocenters. The first-order valence-corrected chi connectivity index (χ1v) is 10.7. The Labute approximate surface area is 200 Å². The number of terminal acetylenes is 1. The van der Waals surface area contributed by atoms with E-state index in [0.717, 1.165) is 0 Å². The Morgan fingerprint density at radius 3 is 2.47 bits per heavy atom. The molecule has 1 aromatic heterocycles. The lowest BCUT2D eigenvalue weighted by atomic mass is 9.79. The Kier molecular flexibility index (Phi) is 6.18. The quantitative estimate of drug-likeness (QED) is 0.342. The summed E-state index contributed by atoms with van der Waals surface area (Å²) in [5.74, 6) is -0.129. The standard InChI is InChI=1S/C26H20ClNO6/c1-5-10-33-26(31)21-14(3)28-13(2)20(25(30)32-4)22(21)17-11-15(27)12-18-23(29)16-8-6-7-9-19(16)34-24(17)18/h1,6-9,11-12,22,28H,10H2,2-4H3. The fourth-order valence-electron chi connectivity index (χ4n) is 4.25. The number of allylic oxidation sites excluding steroid dienone is 2. The minimum atomic E-state index is -0.996. The van der Waals surface area contributed by atoms with Crippen molar-refractivity contribution in [3.05, 3.63) is 79.7 Å². The average Bonchev–Trinajstić information content (AvgIpc) is 2.82. The van der Waals surface area contributed by atoms with E-state index >= 15 is 0 Å². The van der Waals surface area contributed by atoms with Crippen LogP contribution in [0.5, 0.6) is 0 Å². The first-order chi connectivity index (χ1) is 16.3. The molecule has 0 bridgehead atoms. The van der Waals surface area contributed by atoms with Gasteiger partial charge in [-0.2, -0.15) is 0 Å². The van der Waals surface area contributed by atoms with Crippen LogP contribution < -0.4 is 10.7 Å². The number of carbonyl (C=O) groups is 2. The monoisotopic (exact) mass is 477 g/mol. The van der Waals surface area contributed by atoms with Crippen LogP contribution in [0.15, 0.2) is 68.2 Å². The van der Waals surface area contributed by atoms with Crippen LogP contribution in [0, 0.1) is 12.3 Å². The summed E-state index contributed by atoms with van der Waals surface area (Å²) in [5, 5.41) is 3.87. The van der Waals surface area contributed by atoms with Crippen molar-refractivity contribution >= 4 is 45.5 Å². The third kappa shape index (κ3) is 3.82. The molecule has 34 heavy (non-hydrogen) atoms. The van der Waals surface area contributed by atoms with Gasteiger partial charge in [-0.1, -0.05) is 29.7 Å². The van der Waals surface area contributed by atoms with Gasteiger partial charge in [0.05, 0.1) is 34.9 Å². The maximum Gasteiger partial charge on any atom is 0.337 e. The number of halogens is 1. The van der Waals surface area contributed by atoms with Crippen LogP contribution in [0.4, 0.5) is 0 Å². The number of nitrogens with one attached hydrogen (secondary N) is 1. The first-order valence-electron chi connectivity index (χ1n) is 10.3. The highest BCUT2D eigenvalue weighted by atomic mass is 35.5. The lowest BCUT2D eigenvalue weighted by Crippen LogP contribution is -2.32. The van der Waals surface area contributed by atoms with Crippen molar-refractivity contribution in [1.82, 2.24) is 5.32 Å². The third-order valence-electron chi connectivity index (χ3n) is 5.65. The molecule has 4 rings (SSSR count). The number of rotatable bonds is 4. The second-order valence-corrected chi connectivity index (χ2v) is 8.14. The smallest absolute Gasteiger partial charge is 0.337 e. The van der Waals surface area contributed by atoms with Crippen molar-refractivity contribution in [3.8, 4) is 12.3 Å². The van der Waals surface area contributed by atoms with Gasteiger partial charge in [-0.3, -0.25) is 4.79 Å². The van der Waals surface area contributed by atoms with E-state index in [4.69, 9.17) is 31.9 Å². The first kappa shape index (κ1) is 23.1. The number of fused-ring (bicyclic) bond motifs is 2. The van der Waals surface area contributed by atoms with E-state index in [9.17, 15) is 14.4 Å². The minimum absolute atomic E-state index is 0.126. The minimum Gasteiger partial charge on any atom is -0.466 e. The summed E-state index contributed by atoms with van der Waals surface area (Å²) in [6.45, 7) is 3.11. The van der Waals surface area contributed by atoms with Gasteiger partial charge in [0, 0.05) is 22.0 Å². The number of methoxy groups -OCH3 is 1. The largest absolute Gasteiger partial charge is 0.466 e. The van der Waals surface area contributed by atoms with E-state index in [0.29, 0.717) is 27.9 Å². The number of esters is 2. The summed E-state index contributed by atoms with van der Waals surface area (Å²) >= 11 is 6.42. The Morgan fingerprint density at radius 2 is 1.79 bits per heavy atom. The Morgan fingerprint density at radius 1 is 1.12 bits per heavy atom. The van der Waals surface area contributed by atoms with Crippen LogP contribution in [-0.2, 0) is 19.1 Å². The molecular weight excluding hydrogens is 458 g/mol. The molecule has 2 heterocycles. The highest BCUT2D eigenvalue weighted by Gasteiger charge is 2.39. The van der Waals surface area contributed by atoms with Crippen LogP contribution in [0.25, 0.3) is 21.9 Å². The number of para-hydroxylation sites is 1. The van der Waals surface area contributed by atoms with Gasteiger partial charge in [0.1, 0.15) is 11.2 Å². The fraction of sp³-hybridized carbons (Fsp3) is 0.192. The van der Waals surface area contributed by atoms with Crippen molar-refractivity contribution < 1.29 is 23.5 Å². The van der Waals surface area contributed by atoms with E-state index < -0.39 is 17.9 Å². The van der Waals surface area contributed by atoms with Crippen molar-refractivity contribution in [3.63, 3.8) is 0 Å². The molecular formula is C26H20ClNO6. The number of carbonyl (C=O) groups excluding carboxylic acids is 2. The topological polar surface area (TPSA) is 94.8 Å². The molecule has 0 aliphatic carbocycles. The summed E-state index contributed by atoms with van der Waals surface area (Å²) < 4.78 is 16.4. The normalized spacial score (nSPS) is 15.8. The molecule has 0 saturated carbocycles. The molecule has 1 aliphatic heterocycles. The van der Waals surface area contributed by atoms with Crippen LogP contribution in [0.2, 0.25) is 5.02 Å². The van der Waals surface area contributed by atoms with Gasteiger partial charge in [-0.05, 0) is 38.1 Å². The molecule has 8 heteroatoms. The van der Waals surface area contributed by atoms with Gasteiger partial charge >= 0.3 is 11.9 Å².